The van der Waals surface area contributed by atoms with Crippen molar-refractivity contribution in [1.29, 1.82) is 0 Å². The Balaban J connectivity index is 1.54. The molecule has 0 aliphatic carbocycles. The van der Waals surface area contributed by atoms with Crippen LogP contribution in [0.2, 0.25) is 5.02 Å². The summed E-state index contributed by atoms with van der Waals surface area (Å²) in [5.41, 5.74) is 8.62. The molecule has 0 spiro atoms. The van der Waals surface area contributed by atoms with Gasteiger partial charge in [-0.1, -0.05) is 36.4 Å². The first kappa shape index (κ1) is 31.8. The van der Waals surface area contributed by atoms with Crippen LogP contribution in [0.15, 0.2) is 72.8 Å². The van der Waals surface area contributed by atoms with Crippen molar-refractivity contribution < 1.29 is 28.6 Å². The maximum absolute atomic E-state index is 13.8. The number of anilines is 1. The van der Waals surface area contributed by atoms with Crippen molar-refractivity contribution in [1.82, 2.24) is 5.32 Å². The fourth-order valence-corrected chi connectivity index (χ4v) is 6.16. The number of hydrogen-bond donors (Lipinski definition) is 2. The summed E-state index contributed by atoms with van der Waals surface area (Å²) >= 11 is 7.54. The number of rotatable bonds is 13. The Morgan fingerprint density at radius 3 is 2.47 bits per heavy atom. The zero-order valence-electron chi connectivity index (χ0n) is 24.2. The lowest BCUT2D eigenvalue weighted by atomic mass is 10.1. The number of carbonyl (C=O) groups is 3. The summed E-state index contributed by atoms with van der Waals surface area (Å²) in [6.07, 6.45) is -0.0406. The number of primary amides is 1. The molecule has 0 radical (unpaired) electrons. The van der Waals surface area contributed by atoms with Gasteiger partial charge in [0.25, 0.3) is 0 Å². The highest BCUT2D eigenvalue weighted by Gasteiger charge is 2.43. The van der Waals surface area contributed by atoms with E-state index in [-0.39, 0.29) is 35.4 Å². The first-order chi connectivity index (χ1) is 20.6. The third-order valence-electron chi connectivity index (χ3n) is 6.57. The van der Waals surface area contributed by atoms with E-state index in [1.165, 1.54) is 23.9 Å². The molecule has 3 amide bonds. The largest absolute Gasteiger partial charge is 0.493 e. The maximum Gasteiger partial charge on any atom is 0.250 e. The van der Waals surface area contributed by atoms with Crippen LogP contribution in [0, 0.1) is 0 Å². The average Bonchev–Trinajstić information content (AvgIpc) is 3.30. The van der Waals surface area contributed by atoms with Crippen LogP contribution in [0.25, 0.3) is 0 Å². The molecule has 0 saturated carbocycles. The molecule has 226 valence electrons. The highest BCUT2D eigenvalue weighted by Crippen LogP contribution is 2.47. The zero-order chi connectivity index (χ0) is 31.1. The molecule has 0 bridgehead atoms. The molecule has 43 heavy (non-hydrogen) atoms. The molecular weight excluding hydrogens is 590 g/mol. The molecule has 1 saturated heterocycles. The summed E-state index contributed by atoms with van der Waals surface area (Å²) in [5, 5.41) is 1.94. The first-order valence-corrected chi connectivity index (χ1v) is 14.9. The van der Waals surface area contributed by atoms with Crippen molar-refractivity contribution in [2.24, 2.45) is 5.73 Å². The number of nitrogens with one attached hydrogen (secondary N) is 1. The fourth-order valence-electron chi connectivity index (χ4n) is 4.50. The van der Waals surface area contributed by atoms with E-state index in [1.807, 2.05) is 50.2 Å². The number of hydrogen-bond acceptors (Lipinski definition) is 7. The molecule has 1 aliphatic heterocycles. The summed E-state index contributed by atoms with van der Waals surface area (Å²) < 4.78 is 16.7. The minimum Gasteiger partial charge on any atom is -0.493 e. The van der Waals surface area contributed by atoms with Crippen molar-refractivity contribution >= 4 is 46.8 Å². The van der Waals surface area contributed by atoms with Crippen LogP contribution in [-0.2, 0) is 16.1 Å². The van der Waals surface area contributed by atoms with E-state index in [9.17, 15) is 14.4 Å². The van der Waals surface area contributed by atoms with E-state index in [1.54, 1.807) is 24.1 Å². The lowest BCUT2D eigenvalue weighted by molar-refractivity contribution is -0.124. The van der Waals surface area contributed by atoms with Crippen LogP contribution in [0.4, 0.5) is 5.69 Å². The van der Waals surface area contributed by atoms with Gasteiger partial charge in [0.1, 0.15) is 17.7 Å². The van der Waals surface area contributed by atoms with Gasteiger partial charge in [-0.25, -0.2) is 0 Å². The summed E-state index contributed by atoms with van der Waals surface area (Å²) in [6, 6.07) is 17.5. The lowest BCUT2D eigenvalue weighted by Crippen LogP contribution is -2.34. The Morgan fingerprint density at radius 2 is 1.81 bits per heavy atom. The predicted octanol–water partition coefficient (Wildman–Crippen LogP) is 5.65. The van der Waals surface area contributed by atoms with Gasteiger partial charge < -0.3 is 25.3 Å². The Bertz CT molecular complexity index is 1510. The zero-order valence-corrected chi connectivity index (χ0v) is 25.8. The number of halogens is 1. The van der Waals surface area contributed by atoms with Crippen molar-refractivity contribution in [2.45, 2.75) is 37.4 Å². The van der Waals surface area contributed by atoms with Gasteiger partial charge in [-0.05, 0) is 73.0 Å². The van der Waals surface area contributed by atoms with Gasteiger partial charge in [-0.15, -0.1) is 11.8 Å². The van der Waals surface area contributed by atoms with Crippen molar-refractivity contribution in [3.63, 3.8) is 0 Å². The molecule has 9 nitrogen and oxygen atoms in total. The van der Waals surface area contributed by atoms with Gasteiger partial charge in [0.05, 0.1) is 29.6 Å². The number of amides is 3. The molecule has 3 aromatic carbocycles. The Kier molecular flexibility index (Phi) is 10.6. The van der Waals surface area contributed by atoms with Crippen LogP contribution < -0.4 is 30.2 Å². The van der Waals surface area contributed by atoms with Crippen LogP contribution >= 0.6 is 23.4 Å². The molecule has 3 N–H and O–H groups in total. The number of benzene rings is 3. The molecule has 3 aromatic rings. The molecule has 2 atom stereocenters. The van der Waals surface area contributed by atoms with E-state index in [0.717, 1.165) is 16.7 Å². The second-order valence-corrected chi connectivity index (χ2v) is 11.6. The average molecular weight is 624 g/mol. The number of nitrogens with zero attached hydrogens (tertiary/aromatic N) is 1. The summed E-state index contributed by atoms with van der Waals surface area (Å²) in [4.78, 5) is 40.4. The second-order valence-electron chi connectivity index (χ2n) is 9.93. The summed E-state index contributed by atoms with van der Waals surface area (Å²) in [6.45, 7) is 8.74. The quantitative estimate of drug-likeness (QED) is 0.236. The van der Waals surface area contributed by atoms with Crippen LogP contribution in [0.5, 0.6) is 17.2 Å². The molecule has 4 rings (SSSR count). The first-order valence-electron chi connectivity index (χ1n) is 13.6. The minimum absolute atomic E-state index is 0.0406. The number of ether oxygens (including phenoxy) is 3. The minimum atomic E-state index is -0.705. The van der Waals surface area contributed by atoms with Gasteiger partial charge >= 0.3 is 0 Å². The Morgan fingerprint density at radius 1 is 1.07 bits per heavy atom. The van der Waals surface area contributed by atoms with Crippen molar-refractivity contribution in [3.05, 3.63) is 94.5 Å². The number of nitrogens with two attached hydrogens (primary N) is 1. The molecule has 1 fully saturated rings. The predicted molar refractivity (Wildman–Crippen MR) is 169 cm³/mol. The Hall–Kier alpha value is -4.15. The monoisotopic (exact) mass is 623 g/mol. The number of carbonyl (C=O) groups excluding carboxylic acids is 3. The van der Waals surface area contributed by atoms with Gasteiger partial charge in [0, 0.05) is 18.7 Å². The maximum atomic E-state index is 13.8. The van der Waals surface area contributed by atoms with Gasteiger partial charge in [0.2, 0.25) is 17.7 Å². The van der Waals surface area contributed by atoms with Gasteiger partial charge in [-0.2, -0.15) is 0 Å². The molecule has 1 aliphatic rings. The topological polar surface area (TPSA) is 120 Å². The van der Waals surface area contributed by atoms with E-state index < -0.39 is 16.5 Å². The van der Waals surface area contributed by atoms with Crippen molar-refractivity contribution in [3.8, 4) is 17.2 Å². The normalized spacial score (nSPS) is 16.1. The third-order valence-corrected chi connectivity index (χ3v) is 8.34. The number of thioether (sulfide) groups is 1. The second kappa shape index (κ2) is 14.3. The van der Waals surface area contributed by atoms with E-state index in [4.69, 9.17) is 31.5 Å². The smallest absolute Gasteiger partial charge is 0.250 e. The van der Waals surface area contributed by atoms with Crippen LogP contribution in [0.1, 0.15) is 47.1 Å². The highest BCUT2D eigenvalue weighted by molar-refractivity contribution is 8.01. The van der Waals surface area contributed by atoms with Crippen LogP contribution in [-0.4, -0.2) is 43.3 Å². The standard InChI is InChI=1S/C32H34ClN3O6S/c1-5-41-27-14-20(6-13-26(27)40-4)17-35-29(37)16-28-31(39)36(22-9-12-25(33)24(15-22)30(34)38)32(43-28)21-7-10-23(11-8-21)42-18-19(2)3/h6-15,28,32H,2,5,16-18H2,1,3-4H3,(H2,34,38)(H,35,37)/t28-,32+/m1/s1. The molecule has 0 unspecified atom stereocenters. The van der Waals surface area contributed by atoms with E-state index >= 15 is 0 Å². The third kappa shape index (κ3) is 7.82. The number of methoxy groups -OCH3 is 1. The van der Waals surface area contributed by atoms with Crippen molar-refractivity contribution in [2.75, 3.05) is 25.2 Å². The molecule has 0 aromatic heterocycles. The lowest BCUT2D eigenvalue weighted by Gasteiger charge is -2.25. The highest BCUT2D eigenvalue weighted by atomic mass is 35.5. The van der Waals surface area contributed by atoms with Crippen LogP contribution in [0.3, 0.4) is 0 Å². The van der Waals surface area contributed by atoms with Gasteiger partial charge in [-0.3, -0.25) is 19.3 Å². The summed E-state index contributed by atoms with van der Waals surface area (Å²) in [5.74, 6) is 0.603. The molecule has 11 heteroatoms. The molecule has 1 heterocycles. The fraction of sp³-hybridized carbons (Fsp3) is 0.281. The Labute approximate surface area is 260 Å². The molecular formula is C32H34ClN3O6S. The SMILES string of the molecule is C=C(C)COc1ccc([C@@H]2S[C@H](CC(=O)NCc3ccc(OC)c(OCC)c3)C(=O)N2c2ccc(Cl)c(C(N)=O)c2)cc1. The van der Waals surface area contributed by atoms with E-state index in [0.29, 0.717) is 36.1 Å². The van der Waals surface area contributed by atoms with E-state index in [2.05, 4.69) is 11.9 Å². The van der Waals surface area contributed by atoms with Gasteiger partial charge in [0.15, 0.2) is 11.5 Å². The summed E-state index contributed by atoms with van der Waals surface area (Å²) in [7, 11) is 1.57.